The molecule has 0 unspecified atom stereocenters. The smallest absolute Gasteiger partial charge is 0.231 e. The van der Waals surface area contributed by atoms with Gasteiger partial charge in [-0.1, -0.05) is 0 Å². The Bertz CT molecular complexity index is 637. The second-order valence-electron chi connectivity index (χ2n) is 4.23. The first-order valence-electron chi connectivity index (χ1n) is 6.14. The molecule has 0 spiro atoms. The topological polar surface area (TPSA) is 91.3 Å². The van der Waals surface area contributed by atoms with Crippen molar-refractivity contribution >= 4 is 28.9 Å². The molecule has 6 nitrogen and oxygen atoms in total. The summed E-state index contributed by atoms with van der Waals surface area (Å²) in [6.07, 6.45) is -0.139. The van der Waals surface area contributed by atoms with Crippen LogP contribution in [0.1, 0.15) is 10.7 Å². The van der Waals surface area contributed by atoms with Crippen molar-refractivity contribution in [3.8, 4) is 5.75 Å². The highest BCUT2D eigenvalue weighted by molar-refractivity contribution is 7.09. The third kappa shape index (κ3) is 4.57. The number of benzene rings is 1. The van der Waals surface area contributed by atoms with Gasteiger partial charge in [0.25, 0.3) is 0 Å². The van der Waals surface area contributed by atoms with Gasteiger partial charge < -0.3 is 20.0 Å². The number of rotatable bonds is 6. The number of ether oxygens (including phenoxy) is 1. The fourth-order valence-corrected chi connectivity index (χ4v) is 2.47. The quantitative estimate of drug-likeness (QED) is 0.845. The lowest BCUT2D eigenvalue weighted by Crippen LogP contribution is -2.24. The van der Waals surface area contributed by atoms with Crippen molar-refractivity contribution in [1.82, 2.24) is 4.98 Å². The molecule has 7 heteroatoms. The fourth-order valence-electron chi connectivity index (χ4n) is 1.68. The number of nitrogens with zero attached hydrogens (tertiary/aromatic N) is 1. The zero-order valence-corrected chi connectivity index (χ0v) is 12.1. The molecule has 0 fully saturated rings. The van der Waals surface area contributed by atoms with Gasteiger partial charge in [0, 0.05) is 23.5 Å². The number of nitrogens with one attached hydrogen (secondary N) is 1. The van der Waals surface area contributed by atoms with E-state index in [1.807, 2.05) is 0 Å². The zero-order valence-electron chi connectivity index (χ0n) is 11.3. The molecule has 0 aliphatic carbocycles. The molecule has 0 atom stereocenters. The molecule has 1 aromatic carbocycles. The van der Waals surface area contributed by atoms with Gasteiger partial charge in [0.05, 0.1) is 19.2 Å². The predicted molar refractivity (Wildman–Crippen MR) is 76.2 cm³/mol. The summed E-state index contributed by atoms with van der Waals surface area (Å²) in [5.74, 6) is -0.691. The molecule has 0 radical (unpaired) electrons. The van der Waals surface area contributed by atoms with Crippen LogP contribution in [-0.2, 0) is 22.4 Å². The van der Waals surface area contributed by atoms with Crippen molar-refractivity contribution < 1.29 is 19.4 Å². The molecule has 0 aliphatic rings. The van der Waals surface area contributed by atoms with E-state index in [1.165, 1.54) is 11.3 Å². The molecule has 0 saturated heterocycles. The number of hydrogen-bond donors (Lipinski definition) is 1. The van der Waals surface area contributed by atoms with Gasteiger partial charge in [-0.05, 0) is 24.3 Å². The number of aliphatic carboxylic acids is 1. The van der Waals surface area contributed by atoms with Crippen molar-refractivity contribution in [2.24, 2.45) is 0 Å². The van der Waals surface area contributed by atoms with Gasteiger partial charge in [-0.3, -0.25) is 4.79 Å². The largest absolute Gasteiger partial charge is 0.550 e. The van der Waals surface area contributed by atoms with E-state index in [4.69, 9.17) is 4.74 Å². The van der Waals surface area contributed by atoms with Gasteiger partial charge in [0.2, 0.25) is 5.91 Å². The highest BCUT2D eigenvalue weighted by Crippen LogP contribution is 2.16. The van der Waals surface area contributed by atoms with Crippen LogP contribution in [0.15, 0.2) is 29.6 Å². The second kappa shape index (κ2) is 6.85. The van der Waals surface area contributed by atoms with Gasteiger partial charge >= 0.3 is 0 Å². The number of carboxylic acids is 1. The van der Waals surface area contributed by atoms with Gasteiger partial charge in [0.1, 0.15) is 10.8 Å². The molecular weight excluding hydrogens is 292 g/mol. The van der Waals surface area contributed by atoms with Crippen molar-refractivity contribution in [2.45, 2.75) is 12.8 Å². The average molecular weight is 305 g/mol. The van der Waals surface area contributed by atoms with Crippen LogP contribution in [0.4, 0.5) is 5.69 Å². The molecule has 0 bridgehead atoms. The lowest BCUT2D eigenvalue weighted by Gasteiger charge is -2.05. The average Bonchev–Trinajstić information content (AvgIpc) is 2.85. The number of methoxy groups -OCH3 is 1. The van der Waals surface area contributed by atoms with E-state index in [1.54, 1.807) is 36.8 Å². The Morgan fingerprint density at radius 1 is 1.29 bits per heavy atom. The predicted octanol–water partition coefficient (Wildman–Crippen LogP) is 0.625. The maximum atomic E-state index is 11.9. The lowest BCUT2D eigenvalue weighted by atomic mass is 10.3. The Kier molecular flexibility index (Phi) is 4.89. The molecule has 1 amide bonds. The molecule has 21 heavy (non-hydrogen) atoms. The van der Waals surface area contributed by atoms with Crippen LogP contribution >= 0.6 is 11.3 Å². The zero-order chi connectivity index (χ0) is 15.2. The summed E-state index contributed by atoms with van der Waals surface area (Å²) in [5, 5.41) is 15.4. The molecule has 2 aromatic rings. The second-order valence-corrected chi connectivity index (χ2v) is 5.18. The molecule has 0 saturated carbocycles. The lowest BCUT2D eigenvalue weighted by molar-refractivity contribution is -0.304. The summed E-state index contributed by atoms with van der Waals surface area (Å²) in [5.41, 5.74) is 1.07. The van der Waals surface area contributed by atoms with Crippen molar-refractivity contribution in [2.75, 3.05) is 12.4 Å². The minimum Gasteiger partial charge on any atom is -0.550 e. The Hall–Kier alpha value is -2.41. The van der Waals surface area contributed by atoms with Crippen LogP contribution in [0.5, 0.6) is 5.75 Å². The summed E-state index contributed by atoms with van der Waals surface area (Å²) in [6, 6.07) is 6.97. The Morgan fingerprint density at radius 2 is 2.00 bits per heavy atom. The number of anilines is 1. The van der Waals surface area contributed by atoms with Crippen LogP contribution in [0.25, 0.3) is 0 Å². The fraction of sp³-hybridized carbons (Fsp3) is 0.214. The number of thiazole rings is 1. The first-order chi connectivity index (χ1) is 10.1. The number of carbonyl (C=O) groups excluding carboxylic acids is 2. The normalized spacial score (nSPS) is 10.1. The minimum atomic E-state index is -1.19. The molecule has 2 rings (SSSR count). The van der Waals surface area contributed by atoms with Crippen molar-refractivity contribution in [1.29, 1.82) is 0 Å². The van der Waals surface area contributed by atoms with E-state index in [0.717, 1.165) is 0 Å². The third-order valence-electron chi connectivity index (χ3n) is 2.61. The number of amides is 1. The monoisotopic (exact) mass is 305 g/mol. The van der Waals surface area contributed by atoms with Crippen LogP contribution in [0.2, 0.25) is 0 Å². The summed E-state index contributed by atoms with van der Waals surface area (Å²) in [6.45, 7) is 0. The van der Waals surface area contributed by atoms with Gasteiger partial charge in [-0.2, -0.15) is 0 Å². The molecule has 110 valence electrons. The van der Waals surface area contributed by atoms with Crippen molar-refractivity contribution in [3.05, 3.63) is 40.3 Å². The maximum Gasteiger partial charge on any atom is 0.231 e. The van der Waals surface area contributed by atoms with Crippen LogP contribution in [0, 0.1) is 0 Å². The highest BCUT2D eigenvalue weighted by atomic mass is 32.1. The van der Waals surface area contributed by atoms with E-state index in [-0.39, 0.29) is 18.7 Å². The summed E-state index contributed by atoms with van der Waals surface area (Å²) in [4.78, 5) is 26.4. The molecule has 1 N–H and O–H groups in total. The van der Waals surface area contributed by atoms with E-state index in [0.29, 0.717) is 22.1 Å². The number of hydrogen-bond acceptors (Lipinski definition) is 6. The van der Waals surface area contributed by atoms with E-state index >= 15 is 0 Å². The summed E-state index contributed by atoms with van der Waals surface area (Å²) >= 11 is 1.25. The molecular formula is C14H13N2O4S-. The van der Waals surface area contributed by atoms with E-state index in [9.17, 15) is 14.7 Å². The first-order valence-corrected chi connectivity index (χ1v) is 7.02. The Morgan fingerprint density at radius 3 is 2.62 bits per heavy atom. The van der Waals surface area contributed by atoms with Crippen LogP contribution < -0.4 is 15.2 Å². The minimum absolute atomic E-state index is 0.101. The number of carboxylic acid groups (broad SMARTS) is 1. The van der Waals surface area contributed by atoms with Crippen molar-refractivity contribution in [3.63, 3.8) is 0 Å². The highest BCUT2D eigenvalue weighted by Gasteiger charge is 2.08. The SMILES string of the molecule is COc1ccc(NC(=O)Cc2nc(CC(=O)[O-])cs2)cc1. The molecule has 1 heterocycles. The van der Waals surface area contributed by atoms with E-state index in [2.05, 4.69) is 10.3 Å². The summed E-state index contributed by atoms with van der Waals surface area (Å²) in [7, 11) is 1.57. The molecule has 0 aliphatic heterocycles. The Balaban J connectivity index is 1.91. The van der Waals surface area contributed by atoms with Crippen LogP contribution in [-0.4, -0.2) is 24.0 Å². The van der Waals surface area contributed by atoms with Gasteiger partial charge in [-0.25, -0.2) is 4.98 Å². The Labute approximate surface area is 125 Å². The number of carbonyl (C=O) groups is 2. The van der Waals surface area contributed by atoms with Gasteiger partial charge in [-0.15, -0.1) is 11.3 Å². The first kappa shape index (κ1) is 15.0. The summed E-state index contributed by atoms with van der Waals surface area (Å²) < 4.78 is 5.03. The third-order valence-corrected chi connectivity index (χ3v) is 3.51. The standard InChI is InChI=1S/C14H14N2O4S/c1-20-11-4-2-9(3-5-11)15-12(17)7-13-16-10(8-21-13)6-14(18)19/h2-5,8H,6-7H2,1H3,(H,15,17)(H,18,19)/p-1. The van der Waals surface area contributed by atoms with E-state index < -0.39 is 5.97 Å². The van der Waals surface area contributed by atoms with Crippen LogP contribution in [0.3, 0.4) is 0 Å². The number of aromatic nitrogens is 1. The van der Waals surface area contributed by atoms with Gasteiger partial charge in [0.15, 0.2) is 0 Å². The molecule has 1 aromatic heterocycles. The maximum absolute atomic E-state index is 11.9.